The third-order valence-electron chi connectivity index (χ3n) is 5.03. The summed E-state index contributed by atoms with van der Waals surface area (Å²) in [6, 6.07) is 23.9. The van der Waals surface area contributed by atoms with Gasteiger partial charge in [0.15, 0.2) is 22.5 Å². The van der Waals surface area contributed by atoms with Crippen molar-refractivity contribution in [2.24, 2.45) is 0 Å². The number of nitrogens with zero attached hydrogens (tertiary/aromatic N) is 1. The second-order valence-corrected chi connectivity index (χ2v) is 8.18. The molecule has 4 aromatic rings. The van der Waals surface area contributed by atoms with Gasteiger partial charge in [-0.2, -0.15) is 0 Å². The van der Waals surface area contributed by atoms with Gasteiger partial charge in [0.05, 0.1) is 5.75 Å². The zero-order chi connectivity index (χ0) is 21.0. The minimum atomic E-state index is -0.0772. The van der Waals surface area contributed by atoms with Crippen molar-refractivity contribution in [2.75, 3.05) is 24.3 Å². The number of para-hydroxylation sites is 2. The fourth-order valence-electron chi connectivity index (χ4n) is 3.60. The molecule has 1 aliphatic rings. The summed E-state index contributed by atoms with van der Waals surface area (Å²) >= 11 is 1.49. The largest absolute Gasteiger partial charge is 0.486 e. The SMILES string of the molecule is O=C(CSc1[nH]c2ccccc2[n+]1Cc1ccccc1)Nc1ccc2c(c1)OCCO2. The molecule has 7 heteroatoms. The van der Waals surface area contributed by atoms with Gasteiger partial charge in [-0.15, -0.1) is 0 Å². The van der Waals surface area contributed by atoms with E-state index in [4.69, 9.17) is 9.47 Å². The Hall–Kier alpha value is -3.45. The monoisotopic (exact) mass is 432 g/mol. The van der Waals surface area contributed by atoms with Crippen molar-refractivity contribution < 1.29 is 18.8 Å². The number of aromatic amines is 1. The van der Waals surface area contributed by atoms with Crippen molar-refractivity contribution in [3.63, 3.8) is 0 Å². The summed E-state index contributed by atoms with van der Waals surface area (Å²) in [6.07, 6.45) is 0. The minimum absolute atomic E-state index is 0.0772. The van der Waals surface area contributed by atoms with E-state index in [1.54, 1.807) is 6.07 Å². The highest BCUT2D eigenvalue weighted by atomic mass is 32.2. The Morgan fingerprint density at radius 3 is 2.61 bits per heavy atom. The Labute approximate surface area is 184 Å². The summed E-state index contributed by atoms with van der Waals surface area (Å²) < 4.78 is 13.3. The van der Waals surface area contributed by atoms with Gasteiger partial charge in [0.25, 0.3) is 0 Å². The number of amides is 1. The Bertz CT molecular complexity index is 1220. The van der Waals surface area contributed by atoms with Crippen molar-refractivity contribution in [1.82, 2.24) is 4.98 Å². The summed E-state index contributed by atoms with van der Waals surface area (Å²) in [5, 5.41) is 3.89. The molecule has 0 radical (unpaired) electrons. The molecule has 0 saturated heterocycles. The highest BCUT2D eigenvalue weighted by Gasteiger charge is 2.20. The molecule has 0 spiro atoms. The number of hydrogen-bond donors (Lipinski definition) is 2. The quantitative estimate of drug-likeness (QED) is 0.357. The summed E-state index contributed by atoms with van der Waals surface area (Å²) in [5.41, 5.74) is 4.07. The Balaban J connectivity index is 1.31. The number of rotatable bonds is 6. The molecule has 5 rings (SSSR count). The normalized spacial score (nSPS) is 12.6. The molecule has 3 aromatic carbocycles. The molecule has 1 amide bonds. The van der Waals surface area contributed by atoms with Gasteiger partial charge in [-0.3, -0.25) is 4.79 Å². The second-order valence-electron chi connectivity index (χ2n) is 7.21. The number of imidazole rings is 1. The van der Waals surface area contributed by atoms with Gasteiger partial charge in [0.1, 0.15) is 19.8 Å². The highest BCUT2D eigenvalue weighted by molar-refractivity contribution is 7.99. The molecule has 1 aliphatic heterocycles. The van der Waals surface area contributed by atoms with E-state index in [1.807, 2.05) is 42.5 Å². The van der Waals surface area contributed by atoms with Crippen LogP contribution in [0, 0.1) is 0 Å². The fourth-order valence-corrected chi connectivity index (χ4v) is 4.44. The Morgan fingerprint density at radius 1 is 0.968 bits per heavy atom. The van der Waals surface area contributed by atoms with E-state index in [0.717, 1.165) is 22.7 Å². The molecular formula is C24H22N3O3S+. The van der Waals surface area contributed by atoms with Crippen LogP contribution in [0.15, 0.2) is 78.0 Å². The van der Waals surface area contributed by atoms with Gasteiger partial charge in [-0.05, 0) is 41.6 Å². The van der Waals surface area contributed by atoms with E-state index >= 15 is 0 Å². The number of carbonyl (C=O) groups excluding carboxylic acids is 1. The van der Waals surface area contributed by atoms with Crippen LogP contribution in [0.2, 0.25) is 0 Å². The highest BCUT2D eigenvalue weighted by Crippen LogP contribution is 2.32. The van der Waals surface area contributed by atoms with Crippen LogP contribution in [-0.2, 0) is 11.3 Å². The summed E-state index contributed by atoms with van der Waals surface area (Å²) in [5.74, 6) is 1.58. The number of aromatic nitrogens is 2. The van der Waals surface area contributed by atoms with Gasteiger partial charge >= 0.3 is 5.16 Å². The van der Waals surface area contributed by atoms with Gasteiger partial charge in [-0.1, -0.05) is 42.5 Å². The maximum atomic E-state index is 12.6. The third kappa shape index (κ3) is 4.36. The van der Waals surface area contributed by atoms with Crippen molar-refractivity contribution >= 4 is 34.4 Å². The number of thioether (sulfide) groups is 1. The molecular weight excluding hydrogens is 410 g/mol. The van der Waals surface area contributed by atoms with Crippen molar-refractivity contribution in [2.45, 2.75) is 11.7 Å². The third-order valence-corrected chi connectivity index (χ3v) is 6.03. The molecule has 0 bridgehead atoms. The van der Waals surface area contributed by atoms with E-state index in [2.05, 4.69) is 39.1 Å². The Morgan fingerprint density at radius 2 is 1.74 bits per heavy atom. The first-order valence-corrected chi connectivity index (χ1v) is 11.1. The molecule has 0 fully saturated rings. The molecule has 156 valence electrons. The van der Waals surface area contributed by atoms with Crippen LogP contribution in [0.5, 0.6) is 11.5 Å². The van der Waals surface area contributed by atoms with E-state index < -0.39 is 0 Å². The lowest BCUT2D eigenvalue weighted by Gasteiger charge is -2.18. The number of fused-ring (bicyclic) bond motifs is 2. The number of carbonyl (C=O) groups is 1. The van der Waals surface area contributed by atoms with E-state index in [9.17, 15) is 4.79 Å². The summed E-state index contributed by atoms with van der Waals surface area (Å²) in [6.45, 7) is 1.79. The van der Waals surface area contributed by atoms with E-state index in [1.165, 1.54) is 17.3 Å². The number of nitrogens with one attached hydrogen (secondary N) is 2. The van der Waals surface area contributed by atoms with Gasteiger partial charge in [-0.25, -0.2) is 9.55 Å². The fraction of sp³-hybridized carbons (Fsp3) is 0.167. The number of hydrogen-bond acceptors (Lipinski definition) is 4. The van der Waals surface area contributed by atoms with Crippen LogP contribution in [0.4, 0.5) is 5.69 Å². The zero-order valence-corrected chi connectivity index (χ0v) is 17.7. The first-order valence-electron chi connectivity index (χ1n) is 10.1. The molecule has 6 nitrogen and oxygen atoms in total. The van der Waals surface area contributed by atoms with Crippen molar-refractivity contribution in [3.8, 4) is 11.5 Å². The maximum absolute atomic E-state index is 12.6. The summed E-state index contributed by atoms with van der Waals surface area (Å²) in [4.78, 5) is 16.1. The van der Waals surface area contributed by atoms with Crippen LogP contribution in [0.25, 0.3) is 11.0 Å². The van der Waals surface area contributed by atoms with E-state index in [-0.39, 0.29) is 11.7 Å². The molecule has 0 saturated carbocycles. The van der Waals surface area contributed by atoms with Crippen LogP contribution < -0.4 is 19.4 Å². The van der Waals surface area contributed by atoms with Crippen LogP contribution >= 0.6 is 11.8 Å². The molecule has 0 atom stereocenters. The second kappa shape index (κ2) is 8.73. The van der Waals surface area contributed by atoms with Crippen LogP contribution in [0.3, 0.4) is 0 Å². The van der Waals surface area contributed by atoms with Gasteiger partial charge in [0, 0.05) is 11.8 Å². The predicted molar refractivity (Wildman–Crippen MR) is 121 cm³/mol. The topological polar surface area (TPSA) is 67.2 Å². The number of benzene rings is 3. The maximum Gasteiger partial charge on any atom is 0.317 e. The Kier molecular flexibility index (Phi) is 5.50. The van der Waals surface area contributed by atoms with E-state index in [0.29, 0.717) is 30.4 Å². The minimum Gasteiger partial charge on any atom is -0.486 e. The van der Waals surface area contributed by atoms with Gasteiger partial charge < -0.3 is 14.8 Å². The lowest BCUT2D eigenvalue weighted by atomic mass is 10.2. The molecule has 31 heavy (non-hydrogen) atoms. The average Bonchev–Trinajstić information content (AvgIpc) is 3.16. The first kappa shape index (κ1) is 19.5. The number of H-pyrrole nitrogens is 1. The smallest absolute Gasteiger partial charge is 0.317 e. The standard InChI is InChI=1S/C24H21N3O3S/c28-23(25-18-10-11-21-22(14-18)30-13-12-29-21)16-31-24-26-19-8-4-5-9-20(19)27(24)15-17-6-2-1-3-7-17/h1-11,14H,12-13,15-16H2,(H,25,28)/p+1. The average molecular weight is 433 g/mol. The van der Waals surface area contributed by atoms with Crippen molar-refractivity contribution in [1.29, 1.82) is 0 Å². The number of ether oxygens (including phenoxy) is 2. The summed E-state index contributed by atoms with van der Waals surface area (Å²) in [7, 11) is 0. The van der Waals surface area contributed by atoms with Gasteiger partial charge in [0.2, 0.25) is 5.91 Å². The lowest BCUT2D eigenvalue weighted by molar-refractivity contribution is -0.700. The van der Waals surface area contributed by atoms with Crippen molar-refractivity contribution in [3.05, 3.63) is 78.4 Å². The lowest BCUT2D eigenvalue weighted by Crippen LogP contribution is -2.35. The molecule has 2 heterocycles. The van der Waals surface area contributed by atoms with Crippen LogP contribution in [0.1, 0.15) is 5.56 Å². The molecule has 2 N–H and O–H groups in total. The number of anilines is 1. The molecule has 0 aliphatic carbocycles. The van der Waals surface area contributed by atoms with Crippen LogP contribution in [-0.4, -0.2) is 29.9 Å². The molecule has 1 aromatic heterocycles. The first-order chi connectivity index (χ1) is 15.3. The molecule has 0 unspecified atom stereocenters. The zero-order valence-electron chi connectivity index (χ0n) is 16.8. The predicted octanol–water partition coefficient (Wildman–Crippen LogP) is 4.01.